The number of anilines is 1. The van der Waals surface area contributed by atoms with Gasteiger partial charge in [-0.2, -0.15) is 5.10 Å². The minimum atomic E-state index is 0.900. The monoisotopic (exact) mass is 247 g/mol. The molecule has 5 nitrogen and oxygen atoms in total. The summed E-state index contributed by atoms with van der Waals surface area (Å²) >= 11 is 0. The van der Waals surface area contributed by atoms with E-state index in [1.165, 1.54) is 0 Å². The topological polar surface area (TPSA) is 47.7 Å². The van der Waals surface area contributed by atoms with Gasteiger partial charge in [-0.15, -0.1) is 0 Å². The van der Waals surface area contributed by atoms with Crippen molar-refractivity contribution in [2.24, 2.45) is 7.05 Å². The van der Waals surface area contributed by atoms with Crippen LogP contribution in [0.1, 0.15) is 31.7 Å². The lowest BCUT2D eigenvalue weighted by molar-refractivity contribution is 0.746. The van der Waals surface area contributed by atoms with Gasteiger partial charge >= 0.3 is 0 Å². The second-order valence-electron chi connectivity index (χ2n) is 4.49. The highest BCUT2D eigenvalue weighted by Crippen LogP contribution is 2.19. The molecule has 0 aliphatic carbocycles. The van der Waals surface area contributed by atoms with Crippen molar-refractivity contribution in [1.29, 1.82) is 0 Å². The predicted octanol–water partition coefficient (Wildman–Crippen LogP) is 2.30. The van der Waals surface area contributed by atoms with Gasteiger partial charge in [0.25, 0.3) is 0 Å². The van der Waals surface area contributed by atoms with Gasteiger partial charge in [-0.3, -0.25) is 9.25 Å². The summed E-state index contributed by atoms with van der Waals surface area (Å²) in [6.07, 6.45) is 6.09. The molecule has 98 valence electrons. The van der Waals surface area contributed by atoms with Crippen LogP contribution in [0.4, 0.5) is 5.95 Å². The first-order valence-electron chi connectivity index (χ1n) is 6.48. The Labute approximate surface area is 108 Å². The predicted molar refractivity (Wildman–Crippen MR) is 73.2 cm³/mol. The summed E-state index contributed by atoms with van der Waals surface area (Å²) in [6.45, 7) is 7.21. The maximum Gasteiger partial charge on any atom is 0.207 e. The van der Waals surface area contributed by atoms with E-state index < -0.39 is 0 Å². The molecule has 0 bridgehead atoms. The molecule has 18 heavy (non-hydrogen) atoms. The van der Waals surface area contributed by atoms with E-state index in [-0.39, 0.29) is 0 Å². The van der Waals surface area contributed by atoms with Crippen molar-refractivity contribution >= 4 is 5.95 Å². The maximum absolute atomic E-state index is 4.52. The van der Waals surface area contributed by atoms with Crippen molar-refractivity contribution < 1.29 is 0 Å². The fourth-order valence-electron chi connectivity index (χ4n) is 2.02. The number of nitrogens with zero attached hydrogens (tertiary/aromatic N) is 4. The van der Waals surface area contributed by atoms with Crippen LogP contribution >= 0.6 is 0 Å². The van der Waals surface area contributed by atoms with E-state index in [2.05, 4.69) is 33.8 Å². The van der Waals surface area contributed by atoms with Gasteiger partial charge in [-0.1, -0.05) is 13.8 Å². The minimum absolute atomic E-state index is 0.900. The molecule has 2 rings (SSSR count). The van der Waals surface area contributed by atoms with E-state index in [1.807, 2.05) is 31.0 Å². The van der Waals surface area contributed by atoms with Crippen LogP contribution in [0, 0.1) is 6.92 Å². The molecule has 0 aromatic carbocycles. The van der Waals surface area contributed by atoms with Gasteiger partial charge < -0.3 is 5.32 Å². The first kappa shape index (κ1) is 12.7. The molecule has 0 aliphatic heterocycles. The molecule has 0 saturated heterocycles. The molecule has 0 amide bonds. The number of hydrogen-bond acceptors (Lipinski definition) is 3. The van der Waals surface area contributed by atoms with Crippen LogP contribution in [-0.4, -0.2) is 25.9 Å². The van der Waals surface area contributed by atoms with Crippen LogP contribution in [0.3, 0.4) is 0 Å². The SMILES string of the molecule is CCCNc1nc(C)cn1-c1cn(C)nc1CC. The Morgan fingerprint density at radius 1 is 1.28 bits per heavy atom. The zero-order valence-electron chi connectivity index (χ0n) is 11.6. The molecule has 0 saturated carbocycles. The van der Waals surface area contributed by atoms with Crippen LogP contribution in [0.15, 0.2) is 12.4 Å². The van der Waals surface area contributed by atoms with Crippen molar-refractivity contribution in [2.75, 3.05) is 11.9 Å². The molecule has 2 aromatic heterocycles. The Balaban J connectivity index is 2.42. The summed E-state index contributed by atoms with van der Waals surface area (Å²) in [6, 6.07) is 0. The van der Waals surface area contributed by atoms with Gasteiger partial charge in [0.15, 0.2) is 0 Å². The van der Waals surface area contributed by atoms with Gasteiger partial charge in [0.05, 0.1) is 17.1 Å². The van der Waals surface area contributed by atoms with Crippen LogP contribution in [0.5, 0.6) is 0 Å². The highest BCUT2D eigenvalue weighted by atomic mass is 15.3. The lowest BCUT2D eigenvalue weighted by atomic mass is 10.3. The standard InChI is InChI=1S/C13H21N5/c1-5-7-14-13-15-10(3)8-18(13)12-9-17(4)16-11(12)6-2/h8-9H,5-7H2,1-4H3,(H,14,15). The van der Waals surface area contributed by atoms with E-state index in [4.69, 9.17) is 0 Å². The van der Waals surface area contributed by atoms with Gasteiger partial charge in [-0.05, 0) is 19.8 Å². The van der Waals surface area contributed by atoms with Crippen LogP contribution < -0.4 is 5.32 Å². The molecular formula is C13H21N5. The minimum Gasteiger partial charge on any atom is -0.355 e. The van der Waals surface area contributed by atoms with Gasteiger partial charge in [0, 0.05) is 26.0 Å². The summed E-state index contributed by atoms with van der Waals surface area (Å²) < 4.78 is 3.95. The molecule has 1 N–H and O–H groups in total. The fraction of sp³-hybridized carbons (Fsp3) is 0.538. The highest BCUT2D eigenvalue weighted by Gasteiger charge is 2.13. The Bertz CT molecular complexity index is 523. The average molecular weight is 247 g/mol. The molecule has 0 radical (unpaired) electrons. The van der Waals surface area contributed by atoms with E-state index in [9.17, 15) is 0 Å². The molecule has 5 heteroatoms. The third-order valence-corrected chi connectivity index (χ3v) is 2.84. The molecule has 0 atom stereocenters. The van der Waals surface area contributed by atoms with E-state index >= 15 is 0 Å². The zero-order valence-corrected chi connectivity index (χ0v) is 11.6. The number of nitrogens with one attached hydrogen (secondary N) is 1. The quantitative estimate of drug-likeness (QED) is 0.882. The van der Waals surface area contributed by atoms with Crippen molar-refractivity contribution in [2.45, 2.75) is 33.6 Å². The largest absolute Gasteiger partial charge is 0.355 e. The Morgan fingerprint density at radius 3 is 2.72 bits per heavy atom. The fourth-order valence-corrected chi connectivity index (χ4v) is 2.02. The third-order valence-electron chi connectivity index (χ3n) is 2.84. The first-order chi connectivity index (χ1) is 8.65. The summed E-state index contributed by atoms with van der Waals surface area (Å²) in [5.74, 6) is 0.900. The smallest absolute Gasteiger partial charge is 0.207 e. The van der Waals surface area contributed by atoms with Crippen molar-refractivity contribution in [3.63, 3.8) is 0 Å². The van der Waals surface area contributed by atoms with Crippen LogP contribution in [-0.2, 0) is 13.5 Å². The summed E-state index contributed by atoms with van der Waals surface area (Å²) in [7, 11) is 1.95. The number of rotatable bonds is 5. The Morgan fingerprint density at radius 2 is 2.06 bits per heavy atom. The van der Waals surface area contributed by atoms with E-state index in [0.29, 0.717) is 0 Å². The van der Waals surface area contributed by atoms with Crippen molar-refractivity contribution in [3.05, 3.63) is 23.8 Å². The lowest BCUT2D eigenvalue weighted by Gasteiger charge is -2.08. The van der Waals surface area contributed by atoms with Crippen LogP contribution in [0.2, 0.25) is 0 Å². The molecule has 2 aromatic rings. The Kier molecular flexibility index (Phi) is 3.69. The molecule has 0 aliphatic rings. The highest BCUT2D eigenvalue weighted by molar-refractivity contribution is 5.44. The second-order valence-corrected chi connectivity index (χ2v) is 4.49. The van der Waals surface area contributed by atoms with Crippen molar-refractivity contribution in [1.82, 2.24) is 19.3 Å². The van der Waals surface area contributed by atoms with E-state index in [1.54, 1.807) is 0 Å². The van der Waals surface area contributed by atoms with E-state index in [0.717, 1.165) is 42.4 Å². The molecule has 0 unspecified atom stereocenters. The number of imidazole rings is 1. The Hall–Kier alpha value is -1.78. The zero-order chi connectivity index (χ0) is 13.1. The van der Waals surface area contributed by atoms with Crippen LogP contribution in [0.25, 0.3) is 5.69 Å². The van der Waals surface area contributed by atoms with Gasteiger partial charge in [0.1, 0.15) is 0 Å². The molecule has 0 fully saturated rings. The second kappa shape index (κ2) is 5.25. The number of aryl methyl sites for hydroxylation is 3. The van der Waals surface area contributed by atoms with Gasteiger partial charge in [0.2, 0.25) is 5.95 Å². The number of aromatic nitrogens is 4. The maximum atomic E-state index is 4.52. The summed E-state index contributed by atoms with van der Waals surface area (Å²) in [5, 5.41) is 7.83. The van der Waals surface area contributed by atoms with Gasteiger partial charge in [-0.25, -0.2) is 4.98 Å². The molecular weight excluding hydrogens is 226 g/mol. The average Bonchev–Trinajstić information content (AvgIpc) is 2.89. The molecule has 2 heterocycles. The number of hydrogen-bond donors (Lipinski definition) is 1. The third kappa shape index (κ3) is 2.39. The van der Waals surface area contributed by atoms with Crippen molar-refractivity contribution in [3.8, 4) is 5.69 Å². The molecule has 0 spiro atoms. The lowest BCUT2D eigenvalue weighted by Crippen LogP contribution is -2.07. The summed E-state index contributed by atoms with van der Waals surface area (Å²) in [4.78, 5) is 4.52. The normalized spacial score (nSPS) is 10.9. The first-order valence-corrected chi connectivity index (χ1v) is 6.48. The summed E-state index contributed by atoms with van der Waals surface area (Å²) in [5.41, 5.74) is 3.22.